The van der Waals surface area contributed by atoms with Crippen molar-refractivity contribution in [1.82, 2.24) is 9.34 Å². The van der Waals surface area contributed by atoms with E-state index in [2.05, 4.69) is 64.7 Å². The Balaban J connectivity index is 3.07. The fraction of sp³-hybridized carbons (Fsp3) is 0.684. The maximum Gasteiger partial charge on any atom is 0.189 e. The molecule has 0 unspecified atom stereocenters. The Labute approximate surface area is 149 Å². The molecule has 0 atom stereocenters. The van der Waals surface area contributed by atoms with Gasteiger partial charge in [-0.25, -0.2) is 13.7 Å². The fourth-order valence-corrected chi connectivity index (χ4v) is 5.34. The summed E-state index contributed by atoms with van der Waals surface area (Å²) in [6.07, 6.45) is 0. The molecule has 1 rings (SSSR count). The lowest BCUT2D eigenvalue weighted by Gasteiger charge is -2.45. The van der Waals surface area contributed by atoms with Crippen molar-refractivity contribution >= 4 is 8.45 Å². The average Bonchev–Trinajstić information content (AvgIpc) is 2.43. The number of hydrogen-bond donors (Lipinski definition) is 0. The van der Waals surface area contributed by atoms with Gasteiger partial charge >= 0.3 is 0 Å². The van der Waals surface area contributed by atoms with Crippen molar-refractivity contribution < 1.29 is 8.91 Å². The van der Waals surface area contributed by atoms with Gasteiger partial charge in [0.1, 0.15) is 5.82 Å². The molecule has 0 fully saturated rings. The smallest absolute Gasteiger partial charge is 0.189 e. The molecule has 1 aromatic carbocycles. The average molecular weight is 356 g/mol. The van der Waals surface area contributed by atoms with Crippen LogP contribution in [-0.4, -0.2) is 33.5 Å². The molecule has 0 aliphatic carbocycles. The highest BCUT2D eigenvalue weighted by molar-refractivity contribution is 7.47. The van der Waals surface area contributed by atoms with Crippen molar-refractivity contribution in [2.45, 2.75) is 86.2 Å². The monoisotopic (exact) mass is 356 g/mol. The summed E-state index contributed by atoms with van der Waals surface area (Å²) in [5, 5.41) is 0. The molecule has 0 spiro atoms. The van der Waals surface area contributed by atoms with E-state index in [9.17, 15) is 4.39 Å². The third-order valence-electron chi connectivity index (χ3n) is 3.75. The highest BCUT2D eigenvalue weighted by Gasteiger charge is 2.34. The Hall–Kier alpha value is -0.540. The molecule has 5 heteroatoms. The molecule has 0 radical (unpaired) electrons. The van der Waals surface area contributed by atoms with Gasteiger partial charge in [0, 0.05) is 24.2 Å². The minimum Gasteiger partial charge on any atom is -0.326 e. The van der Waals surface area contributed by atoms with E-state index in [1.165, 1.54) is 6.07 Å². The van der Waals surface area contributed by atoms with Gasteiger partial charge in [0.25, 0.3) is 0 Å². The number of halogens is 1. The summed E-state index contributed by atoms with van der Waals surface area (Å²) >= 11 is 0. The fourth-order valence-electron chi connectivity index (χ4n) is 2.99. The van der Waals surface area contributed by atoms with E-state index in [4.69, 9.17) is 4.52 Å². The standard InChI is InChI=1S/C19H34FN2OP/c1-14(2)21(15(3)4)24(22(16(5)6)17(7)8)23-13-18-10-9-11-19(20)12-18/h9-12,14-17H,13H2,1-8H3. The first kappa shape index (κ1) is 21.5. The van der Waals surface area contributed by atoms with E-state index >= 15 is 0 Å². The molecule has 0 aliphatic heterocycles. The lowest BCUT2D eigenvalue weighted by molar-refractivity contribution is 0.182. The second-order valence-electron chi connectivity index (χ2n) is 7.29. The summed E-state index contributed by atoms with van der Waals surface area (Å²) in [6, 6.07) is 8.19. The summed E-state index contributed by atoms with van der Waals surface area (Å²) in [6.45, 7) is 18.1. The largest absolute Gasteiger partial charge is 0.326 e. The van der Waals surface area contributed by atoms with Crippen molar-refractivity contribution in [3.63, 3.8) is 0 Å². The van der Waals surface area contributed by atoms with E-state index in [1.807, 2.05) is 6.07 Å². The Bertz CT molecular complexity index is 458. The molecule has 1 aromatic rings. The van der Waals surface area contributed by atoms with Gasteiger partial charge in [0.05, 0.1) is 6.61 Å². The molecule has 0 saturated heterocycles. The van der Waals surface area contributed by atoms with Crippen LogP contribution in [0.5, 0.6) is 0 Å². The Morgan fingerprint density at radius 1 is 0.875 bits per heavy atom. The van der Waals surface area contributed by atoms with Crippen LogP contribution in [0.25, 0.3) is 0 Å². The van der Waals surface area contributed by atoms with Crippen LogP contribution in [0.3, 0.4) is 0 Å². The summed E-state index contributed by atoms with van der Waals surface area (Å²) in [5.41, 5.74) is 0.877. The van der Waals surface area contributed by atoms with Crippen LogP contribution in [-0.2, 0) is 11.1 Å². The second-order valence-corrected chi connectivity index (χ2v) is 8.98. The molecule has 0 saturated carbocycles. The molecule has 0 aliphatic rings. The zero-order chi connectivity index (χ0) is 18.4. The van der Waals surface area contributed by atoms with Crippen LogP contribution < -0.4 is 0 Å². The van der Waals surface area contributed by atoms with Gasteiger partial charge < -0.3 is 4.52 Å². The highest BCUT2D eigenvalue weighted by atomic mass is 31.2. The van der Waals surface area contributed by atoms with Gasteiger partial charge in [-0.1, -0.05) is 12.1 Å². The maximum atomic E-state index is 13.5. The van der Waals surface area contributed by atoms with Crippen LogP contribution in [0.2, 0.25) is 0 Å². The lowest BCUT2D eigenvalue weighted by Crippen LogP contribution is -2.43. The molecular weight excluding hydrogens is 322 g/mol. The van der Waals surface area contributed by atoms with Gasteiger partial charge in [-0.15, -0.1) is 0 Å². The van der Waals surface area contributed by atoms with Crippen molar-refractivity contribution in [3.8, 4) is 0 Å². The molecular formula is C19H34FN2OP. The lowest BCUT2D eigenvalue weighted by atomic mass is 10.2. The predicted octanol–water partition coefficient (Wildman–Crippen LogP) is 5.81. The molecule has 138 valence electrons. The quantitative estimate of drug-likeness (QED) is 0.520. The number of rotatable bonds is 9. The van der Waals surface area contributed by atoms with Crippen LogP contribution in [0.1, 0.15) is 61.0 Å². The van der Waals surface area contributed by atoms with Gasteiger partial charge in [-0.3, -0.25) is 0 Å². The second kappa shape index (κ2) is 9.82. The number of benzene rings is 1. The molecule has 0 N–H and O–H groups in total. The zero-order valence-electron chi connectivity index (χ0n) is 16.5. The summed E-state index contributed by atoms with van der Waals surface area (Å²) in [5.74, 6) is -0.213. The third-order valence-corrected chi connectivity index (χ3v) is 6.74. The van der Waals surface area contributed by atoms with E-state index < -0.39 is 8.45 Å². The van der Waals surface area contributed by atoms with Gasteiger partial charge in [-0.2, -0.15) is 0 Å². The molecule has 0 aromatic heterocycles. The third kappa shape index (κ3) is 6.07. The minimum absolute atomic E-state index is 0.213. The molecule has 3 nitrogen and oxygen atoms in total. The normalized spacial score (nSPS) is 12.8. The SMILES string of the molecule is CC(C)N(C(C)C)P(OCc1cccc(F)c1)N(C(C)C)C(C)C. The molecule has 0 bridgehead atoms. The summed E-state index contributed by atoms with van der Waals surface area (Å²) in [4.78, 5) is 0. The predicted molar refractivity (Wildman–Crippen MR) is 102 cm³/mol. The first-order valence-corrected chi connectivity index (χ1v) is 10.1. The van der Waals surface area contributed by atoms with Crippen molar-refractivity contribution in [2.75, 3.05) is 0 Å². The zero-order valence-corrected chi connectivity index (χ0v) is 17.3. The van der Waals surface area contributed by atoms with E-state index in [-0.39, 0.29) is 5.82 Å². The van der Waals surface area contributed by atoms with Crippen LogP contribution in [0.15, 0.2) is 24.3 Å². The van der Waals surface area contributed by atoms with Gasteiger partial charge in [0.2, 0.25) is 0 Å². The first-order valence-electron chi connectivity index (χ1n) is 8.89. The van der Waals surface area contributed by atoms with Crippen molar-refractivity contribution in [3.05, 3.63) is 35.6 Å². The maximum absolute atomic E-state index is 13.5. The van der Waals surface area contributed by atoms with Gasteiger partial charge in [0.15, 0.2) is 8.45 Å². The Morgan fingerprint density at radius 2 is 1.33 bits per heavy atom. The van der Waals surface area contributed by atoms with Crippen molar-refractivity contribution in [1.29, 1.82) is 0 Å². The van der Waals surface area contributed by atoms with E-state index in [1.54, 1.807) is 12.1 Å². The molecule has 0 amide bonds. The number of nitrogens with zero attached hydrogens (tertiary/aromatic N) is 2. The molecule has 0 heterocycles. The van der Waals surface area contributed by atoms with E-state index in [0.29, 0.717) is 30.8 Å². The highest BCUT2D eigenvalue weighted by Crippen LogP contribution is 2.51. The minimum atomic E-state index is -0.934. The van der Waals surface area contributed by atoms with Gasteiger partial charge in [-0.05, 0) is 73.1 Å². The van der Waals surface area contributed by atoms with Crippen LogP contribution >= 0.6 is 8.45 Å². The summed E-state index contributed by atoms with van der Waals surface area (Å²) < 4.78 is 24.7. The van der Waals surface area contributed by atoms with E-state index in [0.717, 1.165) is 5.56 Å². The number of hydrogen-bond acceptors (Lipinski definition) is 3. The first-order chi connectivity index (χ1) is 11.1. The van der Waals surface area contributed by atoms with Crippen LogP contribution in [0, 0.1) is 5.82 Å². The van der Waals surface area contributed by atoms with Crippen LogP contribution in [0.4, 0.5) is 4.39 Å². The molecule has 24 heavy (non-hydrogen) atoms. The Kier molecular flexibility index (Phi) is 8.80. The topological polar surface area (TPSA) is 15.7 Å². The Morgan fingerprint density at radius 3 is 1.71 bits per heavy atom. The summed E-state index contributed by atoms with van der Waals surface area (Å²) in [7, 11) is -0.934. The van der Waals surface area contributed by atoms with Crippen molar-refractivity contribution in [2.24, 2.45) is 0 Å².